The van der Waals surface area contributed by atoms with Gasteiger partial charge in [-0.25, -0.2) is 0 Å². The minimum Gasteiger partial charge on any atom is -0.488 e. The summed E-state index contributed by atoms with van der Waals surface area (Å²) in [6.07, 6.45) is 4.13. The lowest BCUT2D eigenvalue weighted by atomic mass is 10.0. The van der Waals surface area contributed by atoms with Gasteiger partial charge in [0, 0.05) is 54.2 Å². The Bertz CT molecular complexity index is 1210. The van der Waals surface area contributed by atoms with Crippen LogP contribution < -0.4 is 15.4 Å². The van der Waals surface area contributed by atoms with Crippen molar-refractivity contribution in [3.8, 4) is 17.0 Å². The molecule has 1 aromatic carbocycles. The van der Waals surface area contributed by atoms with Crippen LogP contribution >= 0.6 is 11.6 Å². The molecule has 0 bridgehead atoms. The molecule has 0 spiro atoms. The number of halogens is 1. The minimum absolute atomic E-state index is 0.0128. The number of anilines is 2. The van der Waals surface area contributed by atoms with Gasteiger partial charge in [-0.1, -0.05) is 17.7 Å². The quantitative estimate of drug-likeness (QED) is 0.496. The molecule has 1 amide bonds. The smallest absolute Gasteiger partial charge is 0.255 e. The summed E-state index contributed by atoms with van der Waals surface area (Å²) >= 11 is 6.36. The molecular weight excluding hydrogens is 454 g/mol. The van der Waals surface area contributed by atoms with Gasteiger partial charge in [0.05, 0.1) is 29.7 Å². The van der Waals surface area contributed by atoms with Crippen LogP contribution in [-0.2, 0) is 11.2 Å². The van der Waals surface area contributed by atoms with Crippen molar-refractivity contribution < 1.29 is 14.3 Å². The molecule has 3 aromatic rings. The lowest BCUT2D eigenvalue weighted by molar-refractivity contribution is -0.0403. The third kappa shape index (κ3) is 4.49. The highest BCUT2D eigenvalue weighted by Crippen LogP contribution is 2.41. The second-order valence-electron chi connectivity index (χ2n) is 8.71. The molecule has 34 heavy (non-hydrogen) atoms. The van der Waals surface area contributed by atoms with Crippen molar-refractivity contribution in [2.45, 2.75) is 19.4 Å². The fourth-order valence-electron chi connectivity index (χ4n) is 4.44. The first kappa shape index (κ1) is 22.7. The number of carbonyl (C=O) groups excluding carboxylic acids is 1. The molecule has 4 heterocycles. The summed E-state index contributed by atoms with van der Waals surface area (Å²) in [6.45, 7) is 5.38. The van der Waals surface area contributed by atoms with E-state index in [9.17, 15) is 4.79 Å². The van der Waals surface area contributed by atoms with Crippen LogP contribution in [0.4, 0.5) is 11.4 Å². The normalized spacial score (nSPS) is 18.3. The predicted octanol–water partition coefficient (Wildman–Crippen LogP) is 3.78. The third-order valence-corrected chi connectivity index (χ3v) is 6.72. The van der Waals surface area contributed by atoms with Gasteiger partial charge in [0.2, 0.25) is 0 Å². The van der Waals surface area contributed by atoms with Gasteiger partial charge in [-0.3, -0.25) is 9.78 Å². The Morgan fingerprint density at radius 3 is 3.09 bits per heavy atom. The second-order valence-corrected chi connectivity index (χ2v) is 9.12. The van der Waals surface area contributed by atoms with E-state index in [0.717, 1.165) is 41.3 Å². The van der Waals surface area contributed by atoms with Crippen molar-refractivity contribution >= 4 is 28.9 Å². The van der Waals surface area contributed by atoms with Crippen LogP contribution in [0, 0.1) is 6.92 Å². The summed E-state index contributed by atoms with van der Waals surface area (Å²) in [4.78, 5) is 22.9. The number of carbonyl (C=O) groups is 1. The fourth-order valence-corrected chi connectivity index (χ4v) is 4.61. The zero-order chi connectivity index (χ0) is 23.7. The molecule has 8 nitrogen and oxygen atoms in total. The molecule has 9 heteroatoms. The van der Waals surface area contributed by atoms with Crippen LogP contribution in [0.25, 0.3) is 11.3 Å². The second kappa shape index (κ2) is 9.66. The van der Waals surface area contributed by atoms with Gasteiger partial charge in [0.15, 0.2) is 0 Å². The number of nitrogens with one attached hydrogen (secondary N) is 3. The van der Waals surface area contributed by atoms with E-state index in [2.05, 4.69) is 32.5 Å². The van der Waals surface area contributed by atoms with Gasteiger partial charge in [-0.05, 0) is 37.7 Å². The van der Waals surface area contributed by atoms with E-state index in [-0.39, 0.29) is 12.0 Å². The number of pyridine rings is 1. The Kier molecular flexibility index (Phi) is 6.45. The molecule has 3 N–H and O–H groups in total. The summed E-state index contributed by atoms with van der Waals surface area (Å²) in [6, 6.07) is 7.58. The maximum Gasteiger partial charge on any atom is 0.255 e. The number of ether oxygens (including phenoxy) is 2. The zero-order valence-electron chi connectivity index (χ0n) is 19.3. The van der Waals surface area contributed by atoms with Gasteiger partial charge in [0.25, 0.3) is 5.91 Å². The Hall–Kier alpha value is -3.07. The number of rotatable bonds is 6. The number of amides is 1. The van der Waals surface area contributed by atoms with Crippen LogP contribution in [0.1, 0.15) is 21.6 Å². The van der Waals surface area contributed by atoms with Crippen LogP contribution in [0.2, 0.25) is 5.02 Å². The van der Waals surface area contributed by atoms with E-state index in [1.807, 2.05) is 31.2 Å². The molecule has 2 aliphatic rings. The summed E-state index contributed by atoms with van der Waals surface area (Å²) in [5.41, 5.74) is 5.54. The van der Waals surface area contributed by atoms with Gasteiger partial charge in [-0.15, -0.1) is 0 Å². The molecule has 178 valence electrons. The highest BCUT2D eigenvalue weighted by atomic mass is 35.5. The molecule has 0 radical (unpaired) electrons. The van der Waals surface area contributed by atoms with Crippen LogP contribution in [0.15, 0.2) is 36.7 Å². The molecule has 1 saturated heterocycles. The van der Waals surface area contributed by atoms with E-state index < -0.39 is 0 Å². The first-order valence-electron chi connectivity index (χ1n) is 11.4. The number of morpholine rings is 1. The first-order valence-corrected chi connectivity index (χ1v) is 11.8. The number of aromatic nitrogens is 2. The Morgan fingerprint density at radius 1 is 1.35 bits per heavy atom. The van der Waals surface area contributed by atoms with Crippen molar-refractivity contribution in [3.05, 3.63) is 58.5 Å². The average Bonchev–Trinajstić information content (AvgIpc) is 3.20. The minimum atomic E-state index is -0.110. The highest BCUT2D eigenvalue weighted by molar-refractivity contribution is 6.31. The largest absolute Gasteiger partial charge is 0.488 e. The van der Waals surface area contributed by atoms with E-state index in [0.29, 0.717) is 48.2 Å². The van der Waals surface area contributed by atoms with E-state index in [1.54, 1.807) is 12.4 Å². The number of H-pyrrole nitrogens is 1. The monoisotopic (exact) mass is 481 g/mol. The average molecular weight is 482 g/mol. The van der Waals surface area contributed by atoms with Gasteiger partial charge < -0.3 is 30.0 Å². The fraction of sp³-hybridized carbons (Fsp3) is 0.360. The lowest BCUT2D eigenvalue weighted by Gasteiger charge is -2.30. The summed E-state index contributed by atoms with van der Waals surface area (Å²) in [5.74, 6) is 0.519. The molecular formula is C25H28ClN5O3. The standard InChI is InChI=1S/C25H28ClN5O3/c1-15-18(26)4-3-5-19(15)29-24-22-20(7-9-28-25(22)32)30-23(24)17-6-8-27-12-21(17)34-14-16-13-31(2)10-11-33-16/h3-6,8,12,16,29-30H,7,9-11,13-14H2,1-2H3,(H,28,32)/t16-/m0/s1. The molecule has 0 saturated carbocycles. The van der Waals surface area contributed by atoms with Crippen molar-refractivity contribution in [1.82, 2.24) is 20.2 Å². The van der Waals surface area contributed by atoms with Crippen molar-refractivity contribution in [2.24, 2.45) is 0 Å². The predicted molar refractivity (Wildman–Crippen MR) is 132 cm³/mol. The van der Waals surface area contributed by atoms with Crippen LogP contribution in [0.3, 0.4) is 0 Å². The number of benzene rings is 1. The Morgan fingerprint density at radius 2 is 2.24 bits per heavy atom. The summed E-state index contributed by atoms with van der Waals surface area (Å²) in [5, 5.41) is 7.08. The number of likely N-dealkylation sites (N-methyl/N-ethyl adjacent to an activating group) is 1. The van der Waals surface area contributed by atoms with Crippen LogP contribution in [-0.4, -0.2) is 66.8 Å². The third-order valence-electron chi connectivity index (χ3n) is 6.31. The van der Waals surface area contributed by atoms with Gasteiger partial charge in [-0.2, -0.15) is 0 Å². The van der Waals surface area contributed by atoms with Crippen molar-refractivity contribution in [3.63, 3.8) is 0 Å². The molecule has 1 fully saturated rings. The molecule has 2 aliphatic heterocycles. The van der Waals surface area contributed by atoms with Gasteiger partial charge >= 0.3 is 0 Å². The topological polar surface area (TPSA) is 91.5 Å². The first-order chi connectivity index (χ1) is 16.5. The molecule has 1 atom stereocenters. The number of hydrogen-bond acceptors (Lipinski definition) is 6. The number of aromatic amines is 1. The van der Waals surface area contributed by atoms with Gasteiger partial charge in [0.1, 0.15) is 18.5 Å². The molecule has 0 aliphatic carbocycles. The lowest BCUT2D eigenvalue weighted by Crippen LogP contribution is -2.42. The number of hydrogen-bond donors (Lipinski definition) is 3. The molecule has 5 rings (SSSR count). The highest BCUT2D eigenvalue weighted by Gasteiger charge is 2.29. The SMILES string of the molecule is Cc1c(Cl)cccc1Nc1c(-c2ccncc2OC[C@@H]2CN(C)CCO2)[nH]c2c1C(=O)NCC2. The van der Waals surface area contributed by atoms with E-state index in [1.165, 1.54) is 0 Å². The Balaban J connectivity index is 1.53. The molecule has 2 aromatic heterocycles. The maximum absolute atomic E-state index is 12.9. The van der Waals surface area contributed by atoms with Crippen molar-refractivity contribution in [1.29, 1.82) is 0 Å². The molecule has 0 unspecified atom stereocenters. The maximum atomic E-state index is 12.9. The Labute approximate surface area is 203 Å². The number of nitrogens with zero attached hydrogens (tertiary/aromatic N) is 2. The van der Waals surface area contributed by atoms with Crippen molar-refractivity contribution in [2.75, 3.05) is 45.2 Å². The van der Waals surface area contributed by atoms with E-state index >= 15 is 0 Å². The number of fused-ring (bicyclic) bond motifs is 1. The summed E-state index contributed by atoms with van der Waals surface area (Å²) in [7, 11) is 2.08. The zero-order valence-corrected chi connectivity index (χ0v) is 20.0. The van der Waals surface area contributed by atoms with E-state index in [4.69, 9.17) is 21.1 Å². The summed E-state index contributed by atoms with van der Waals surface area (Å²) < 4.78 is 12.1. The van der Waals surface area contributed by atoms with Crippen LogP contribution in [0.5, 0.6) is 5.75 Å².